The summed E-state index contributed by atoms with van der Waals surface area (Å²) < 4.78 is 39.1. The number of nitrogens with one attached hydrogen (secondary N) is 1. The number of sulfonamides is 1. The molecule has 2 aromatic carbocycles. The molecule has 1 atom stereocenters. The van der Waals surface area contributed by atoms with Crippen molar-refractivity contribution in [2.75, 3.05) is 20.8 Å². The summed E-state index contributed by atoms with van der Waals surface area (Å²) in [6.45, 7) is 1.44. The highest BCUT2D eigenvalue weighted by molar-refractivity contribution is 7.89. The maximum Gasteiger partial charge on any atom is 0.240 e. The fourth-order valence-corrected chi connectivity index (χ4v) is 4.89. The lowest BCUT2D eigenvalue weighted by Gasteiger charge is -2.22. The molecule has 0 saturated carbocycles. The first-order chi connectivity index (χ1) is 12.8. The van der Waals surface area contributed by atoms with Crippen molar-refractivity contribution in [1.29, 1.82) is 0 Å². The van der Waals surface area contributed by atoms with Crippen molar-refractivity contribution in [3.8, 4) is 11.5 Å². The van der Waals surface area contributed by atoms with E-state index in [1.165, 1.54) is 43.8 Å². The largest absolute Gasteiger partial charge is 0.493 e. The molecule has 0 amide bonds. The van der Waals surface area contributed by atoms with E-state index in [0.717, 1.165) is 10.1 Å². The molecule has 3 rings (SSSR count). The molecule has 6 nitrogen and oxygen atoms in total. The van der Waals surface area contributed by atoms with Gasteiger partial charge in [-0.05, 0) is 36.6 Å². The van der Waals surface area contributed by atoms with E-state index >= 15 is 0 Å². The average molecular weight is 408 g/mol. The summed E-state index contributed by atoms with van der Waals surface area (Å²) in [7, 11) is -0.913. The molecule has 0 bridgehead atoms. The van der Waals surface area contributed by atoms with Crippen molar-refractivity contribution in [3.05, 3.63) is 53.4 Å². The van der Waals surface area contributed by atoms with Gasteiger partial charge in [-0.1, -0.05) is 18.2 Å². The molecular weight excluding hydrogens is 386 g/mol. The Kier molecular flexibility index (Phi) is 5.43. The second-order valence-corrected chi connectivity index (χ2v) is 9.11. The molecule has 0 spiro atoms. The predicted molar refractivity (Wildman–Crippen MR) is 106 cm³/mol. The predicted octanol–water partition coefficient (Wildman–Crippen LogP) is 3.10. The first-order valence-electron chi connectivity index (χ1n) is 8.20. The number of hydrogen-bond acceptors (Lipinski definition) is 6. The number of hydrogen-bond donors (Lipinski definition) is 2. The first-order valence-corrected chi connectivity index (χ1v) is 10.5. The Morgan fingerprint density at radius 2 is 1.78 bits per heavy atom. The van der Waals surface area contributed by atoms with Crippen LogP contribution in [0.3, 0.4) is 0 Å². The fraction of sp³-hybridized carbons (Fsp3) is 0.263. The van der Waals surface area contributed by atoms with Crippen molar-refractivity contribution in [2.45, 2.75) is 17.4 Å². The minimum Gasteiger partial charge on any atom is -0.493 e. The Morgan fingerprint density at radius 1 is 1.07 bits per heavy atom. The van der Waals surface area contributed by atoms with Crippen LogP contribution in [0.25, 0.3) is 10.1 Å². The average Bonchev–Trinajstić information content (AvgIpc) is 3.11. The van der Waals surface area contributed by atoms with Gasteiger partial charge in [0.05, 0.1) is 19.1 Å². The highest BCUT2D eigenvalue weighted by atomic mass is 32.2. The molecule has 0 aliphatic heterocycles. The third-order valence-electron chi connectivity index (χ3n) is 4.23. The lowest BCUT2D eigenvalue weighted by Crippen LogP contribution is -2.38. The van der Waals surface area contributed by atoms with Gasteiger partial charge in [-0.3, -0.25) is 0 Å². The molecule has 3 aromatic rings. The third-order valence-corrected chi connectivity index (χ3v) is 7.00. The highest BCUT2D eigenvalue weighted by Crippen LogP contribution is 2.33. The number of ether oxygens (including phenoxy) is 2. The minimum absolute atomic E-state index is 0.0345. The van der Waals surface area contributed by atoms with Gasteiger partial charge in [0.2, 0.25) is 10.0 Å². The van der Waals surface area contributed by atoms with E-state index in [9.17, 15) is 13.5 Å². The van der Waals surface area contributed by atoms with Gasteiger partial charge in [-0.2, -0.15) is 0 Å². The smallest absolute Gasteiger partial charge is 0.240 e. The van der Waals surface area contributed by atoms with E-state index in [1.54, 1.807) is 6.92 Å². The number of benzene rings is 2. The SMILES string of the molecule is COc1ccc(S(=O)(=O)NCC(C)(O)c2cc3ccccc3s2)cc1OC. The number of rotatable bonds is 7. The van der Waals surface area contributed by atoms with Gasteiger partial charge in [0, 0.05) is 22.2 Å². The topological polar surface area (TPSA) is 84.9 Å². The molecular formula is C19H21NO5S2. The second-order valence-electron chi connectivity index (χ2n) is 6.26. The van der Waals surface area contributed by atoms with E-state index < -0.39 is 15.6 Å². The van der Waals surface area contributed by atoms with Crippen molar-refractivity contribution >= 4 is 31.4 Å². The molecule has 144 valence electrons. The maximum absolute atomic E-state index is 12.6. The van der Waals surface area contributed by atoms with Crippen molar-refractivity contribution in [2.24, 2.45) is 0 Å². The zero-order chi connectivity index (χ0) is 19.7. The lowest BCUT2D eigenvalue weighted by molar-refractivity contribution is 0.0666. The Balaban J connectivity index is 1.81. The van der Waals surface area contributed by atoms with Crippen LogP contribution in [0.5, 0.6) is 11.5 Å². The van der Waals surface area contributed by atoms with Gasteiger partial charge in [0.25, 0.3) is 0 Å². The number of thiophene rings is 1. The molecule has 1 aromatic heterocycles. The molecule has 2 N–H and O–H groups in total. The molecule has 0 radical (unpaired) electrons. The van der Waals surface area contributed by atoms with Crippen LogP contribution in [0, 0.1) is 0 Å². The van der Waals surface area contributed by atoms with Crippen LogP contribution in [0.4, 0.5) is 0 Å². The van der Waals surface area contributed by atoms with Crippen molar-refractivity contribution in [1.82, 2.24) is 4.72 Å². The Bertz CT molecular complexity index is 1020. The van der Waals surface area contributed by atoms with E-state index in [4.69, 9.17) is 9.47 Å². The second kappa shape index (κ2) is 7.47. The summed E-state index contributed by atoms with van der Waals surface area (Å²) in [5, 5.41) is 11.8. The molecule has 0 saturated heterocycles. The van der Waals surface area contributed by atoms with Crippen molar-refractivity contribution in [3.63, 3.8) is 0 Å². The molecule has 1 unspecified atom stereocenters. The van der Waals surface area contributed by atoms with Crippen LogP contribution in [0.1, 0.15) is 11.8 Å². The summed E-state index contributed by atoms with van der Waals surface area (Å²) in [6.07, 6.45) is 0. The minimum atomic E-state index is -3.83. The first kappa shape index (κ1) is 19.6. The maximum atomic E-state index is 12.6. The molecule has 1 heterocycles. The van der Waals surface area contributed by atoms with E-state index in [2.05, 4.69) is 4.72 Å². The summed E-state index contributed by atoms with van der Waals surface area (Å²) in [5.41, 5.74) is -1.34. The van der Waals surface area contributed by atoms with E-state index in [0.29, 0.717) is 16.4 Å². The lowest BCUT2D eigenvalue weighted by atomic mass is 10.1. The van der Waals surface area contributed by atoms with E-state index in [1.807, 2.05) is 30.3 Å². The van der Waals surface area contributed by atoms with Crippen LogP contribution in [-0.4, -0.2) is 34.3 Å². The van der Waals surface area contributed by atoms with Gasteiger partial charge in [-0.15, -0.1) is 11.3 Å². The molecule has 27 heavy (non-hydrogen) atoms. The number of methoxy groups -OCH3 is 2. The van der Waals surface area contributed by atoms with Crippen molar-refractivity contribution < 1.29 is 23.0 Å². The van der Waals surface area contributed by atoms with Crippen LogP contribution < -0.4 is 14.2 Å². The van der Waals surface area contributed by atoms with Crippen LogP contribution in [0.2, 0.25) is 0 Å². The zero-order valence-electron chi connectivity index (χ0n) is 15.2. The van der Waals surface area contributed by atoms with Gasteiger partial charge in [0.1, 0.15) is 5.60 Å². The van der Waals surface area contributed by atoms with Gasteiger partial charge >= 0.3 is 0 Å². The Labute approximate surface area is 162 Å². The normalized spacial score (nSPS) is 14.1. The summed E-state index contributed by atoms with van der Waals surface area (Å²) in [5.74, 6) is 0.755. The third kappa shape index (κ3) is 4.08. The van der Waals surface area contributed by atoms with Gasteiger partial charge in [0.15, 0.2) is 11.5 Å². The zero-order valence-corrected chi connectivity index (χ0v) is 16.9. The standard InChI is InChI=1S/C19H21NO5S2/c1-19(21,18-10-13-6-4-5-7-17(13)26-18)12-20-27(22,23)14-8-9-15(24-2)16(11-14)25-3/h4-11,20-21H,12H2,1-3H3. The molecule has 0 aliphatic rings. The summed E-state index contributed by atoms with van der Waals surface area (Å²) in [4.78, 5) is 0.728. The monoisotopic (exact) mass is 407 g/mol. The molecule has 0 fully saturated rings. The van der Waals surface area contributed by atoms with Crippen LogP contribution >= 0.6 is 11.3 Å². The Hall–Kier alpha value is -2.13. The van der Waals surface area contributed by atoms with Crippen LogP contribution in [-0.2, 0) is 15.6 Å². The summed E-state index contributed by atoms with van der Waals surface area (Å²) >= 11 is 1.44. The molecule has 8 heteroatoms. The van der Waals surface area contributed by atoms with Gasteiger partial charge in [-0.25, -0.2) is 13.1 Å². The van der Waals surface area contributed by atoms with Crippen LogP contribution in [0.15, 0.2) is 53.4 Å². The fourth-order valence-electron chi connectivity index (χ4n) is 2.64. The Morgan fingerprint density at radius 3 is 2.44 bits per heavy atom. The van der Waals surface area contributed by atoms with E-state index in [-0.39, 0.29) is 11.4 Å². The summed E-state index contributed by atoms with van der Waals surface area (Å²) in [6, 6.07) is 14.0. The quantitative estimate of drug-likeness (QED) is 0.629. The highest BCUT2D eigenvalue weighted by Gasteiger charge is 2.28. The van der Waals surface area contributed by atoms with Gasteiger partial charge < -0.3 is 14.6 Å². The number of aliphatic hydroxyl groups is 1. The molecule has 0 aliphatic carbocycles. The number of fused-ring (bicyclic) bond motifs is 1.